The maximum atomic E-state index is 14.3. The lowest BCUT2D eigenvalue weighted by Gasteiger charge is -2.43. The largest absolute Gasteiger partial charge is 0.367 e. The van der Waals surface area contributed by atoms with Gasteiger partial charge >= 0.3 is 0 Å². The van der Waals surface area contributed by atoms with Gasteiger partial charge in [-0.2, -0.15) is 0 Å². The molecule has 0 N–H and O–H groups in total. The summed E-state index contributed by atoms with van der Waals surface area (Å²) < 4.78 is 41.5. The van der Waals surface area contributed by atoms with E-state index in [1.54, 1.807) is 4.90 Å². The molecule has 0 atom stereocenters. The lowest BCUT2D eigenvalue weighted by atomic mass is 10.0. The predicted octanol–water partition coefficient (Wildman–Crippen LogP) is 3.92. The minimum Gasteiger partial charge on any atom is -0.367 e. The van der Waals surface area contributed by atoms with Crippen molar-refractivity contribution in [3.8, 4) is 0 Å². The van der Waals surface area contributed by atoms with E-state index in [-0.39, 0.29) is 22.1 Å². The number of anilines is 1. The van der Waals surface area contributed by atoms with E-state index in [1.807, 2.05) is 0 Å². The molecule has 0 aliphatic carbocycles. The van der Waals surface area contributed by atoms with Crippen LogP contribution in [0.25, 0.3) is 0 Å². The summed E-state index contributed by atoms with van der Waals surface area (Å²) in [7, 11) is 0. The fourth-order valence-corrected chi connectivity index (χ4v) is 3.10. The molecule has 0 unspecified atom stereocenters. The summed E-state index contributed by atoms with van der Waals surface area (Å²) in [5.74, 6) is -2.78. The Kier molecular flexibility index (Phi) is 4.88. The number of benzene rings is 1. The topological polar surface area (TPSA) is 6.48 Å². The Morgan fingerprint density at radius 3 is 2.10 bits per heavy atom. The Labute approximate surface area is 132 Å². The SMILES string of the molecule is CC(C)(C)N1CCN(c2cc(F)c(F)c(CBr)c2F)CC1. The van der Waals surface area contributed by atoms with E-state index in [2.05, 4.69) is 41.6 Å². The Balaban J connectivity index is 2.23. The third-order valence-electron chi connectivity index (χ3n) is 3.93. The summed E-state index contributed by atoms with van der Waals surface area (Å²) >= 11 is 3.01. The van der Waals surface area contributed by atoms with Crippen LogP contribution in [0.2, 0.25) is 0 Å². The van der Waals surface area contributed by atoms with Gasteiger partial charge < -0.3 is 4.90 Å². The molecular formula is C15H20BrF3N2. The first-order valence-electron chi connectivity index (χ1n) is 6.98. The second-order valence-corrected chi connectivity index (χ2v) is 6.82. The number of piperazine rings is 1. The van der Waals surface area contributed by atoms with Crippen LogP contribution in [-0.2, 0) is 5.33 Å². The van der Waals surface area contributed by atoms with Gasteiger partial charge in [0.15, 0.2) is 17.5 Å². The third-order valence-corrected chi connectivity index (χ3v) is 4.49. The van der Waals surface area contributed by atoms with Crippen LogP contribution in [0.3, 0.4) is 0 Å². The zero-order chi connectivity index (χ0) is 15.8. The molecule has 21 heavy (non-hydrogen) atoms. The molecule has 1 aromatic rings. The van der Waals surface area contributed by atoms with Crippen LogP contribution < -0.4 is 4.90 Å². The van der Waals surface area contributed by atoms with Gasteiger partial charge in [0.2, 0.25) is 0 Å². The summed E-state index contributed by atoms with van der Waals surface area (Å²) in [6.45, 7) is 9.12. The number of hydrogen-bond acceptors (Lipinski definition) is 2. The molecule has 1 aromatic carbocycles. The van der Waals surface area contributed by atoms with Crippen molar-refractivity contribution in [3.63, 3.8) is 0 Å². The van der Waals surface area contributed by atoms with Gasteiger partial charge in [-0.3, -0.25) is 4.90 Å². The molecule has 0 bridgehead atoms. The van der Waals surface area contributed by atoms with Crippen LogP contribution in [0, 0.1) is 17.5 Å². The molecule has 0 saturated carbocycles. The Bertz CT molecular complexity index is 521. The predicted molar refractivity (Wildman–Crippen MR) is 82.5 cm³/mol. The monoisotopic (exact) mass is 364 g/mol. The zero-order valence-electron chi connectivity index (χ0n) is 12.5. The second kappa shape index (κ2) is 6.16. The fraction of sp³-hybridized carbons (Fsp3) is 0.600. The van der Waals surface area contributed by atoms with E-state index in [9.17, 15) is 13.2 Å². The van der Waals surface area contributed by atoms with Crippen molar-refractivity contribution in [2.75, 3.05) is 31.1 Å². The summed E-state index contributed by atoms with van der Waals surface area (Å²) in [6, 6.07) is 0.962. The van der Waals surface area contributed by atoms with Crippen molar-refractivity contribution >= 4 is 21.6 Å². The van der Waals surface area contributed by atoms with Crippen LogP contribution in [0.5, 0.6) is 0 Å². The van der Waals surface area contributed by atoms with Crippen molar-refractivity contribution in [2.45, 2.75) is 31.6 Å². The lowest BCUT2D eigenvalue weighted by molar-refractivity contribution is 0.128. The lowest BCUT2D eigenvalue weighted by Crippen LogP contribution is -2.53. The quantitative estimate of drug-likeness (QED) is 0.579. The van der Waals surface area contributed by atoms with E-state index in [0.717, 1.165) is 19.2 Å². The van der Waals surface area contributed by atoms with Gasteiger partial charge in [-0.25, -0.2) is 13.2 Å². The van der Waals surface area contributed by atoms with E-state index in [0.29, 0.717) is 13.1 Å². The molecule has 1 aliphatic heterocycles. The van der Waals surface area contributed by atoms with Crippen molar-refractivity contribution in [2.24, 2.45) is 0 Å². The highest BCUT2D eigenvalue weighted by Gasteiger charge is 2.28. The summed E-state index contributed by atoms with van der Waals surface area (Å²) in [6.07, 6.45) is 0. The van der Waals surface area contributed by atoms with Crippen LogP contribution in [0.15, 0.2) is 6.07 Å². The smallest absolute Gasteiger partial charge is 0.165 e. The molecule has 118 valence electrons. The second-order valence-electron chi connectivity index (χ2n) is 6.26. The molecule has 1 fully saturated rings. The first-order valence-corrected chi connectivity index (χ1v) is 8.10. The molecule has 2 nitrogen and oxygen atoms in total. The van der Waals surface area contributed by atoms with Crippen molar-refractivity contribution in [1.82, 2.24) is 4.90 Å². The Hall–Kier alpha value is -0.750. The average Bonchev–Trinajstić information content (AvgIpc) is 2.43. The number of alkyl halides is 1. The molecule has 1 heterocycles. The van der Waals surface area contributed by atoms with Crippen LogP contribution >= 0.6 is 15.9 Å². The summed E-state index contributed by atoms with van der Waals surface area (Å²) in [4.78, 5) is 4.08. The third kappa shape index (κ3) is 3.37. The molecule has 2 rings (SSSR count). The van der Waals surface area contributed by atoms with Gasteiger partial charge in [-0.05, 0) is 20.8 Å². The number of hydrogen-bond donors (Lipinski definition) is 0. The molecule has 0 spiro atoms. The van der Waals surface area contributed by atoms with E-state index < -0.39 is 17.5 Å². The van der Waals surface area contributed by atoms with Crippen LogP contribution in [-0.4, -0.2) is 36.6 Å². The Morgan fingerprint density at radius 1 is 1.05 bits per heavy atom. The summed E-state index contributed by atoms with van der Waals surface area (Å²) in [5.41, 5.74) is -0.0418. The highest BCUT2D eigenvalue weighted by molar-refractivity contribution is 9.08. The van der Waals surface area contributed by atoms with Gasteiger partial charge in [-0.15, -0.1) is 0 Å². The molecule has 6 heteroatoms. The average molecular weight is 365 g/mol. The maximum absolute atomic E-state index is 14.3. The zero-order valence-corrected chi connectivity index (χ0v) is 14.1. The minimum absolute atomic E-state index is 0.0443. The minimum atomic E-state index is -1.11. The van der Waals surface area contributed by atoms with Gasteiger partial charge in [-0.1, -0.05) is 15.9 Å². The van der Waals surface area contributed by atoms with Gasteiger partial charge in [0.25, 0.3) is 0 Å². The number of halogens is 4. The maximum Gasteiger partial charge on any atom is 0.165 e. The Morgan fingerprint density at radius 2 is 1.62 bits per heavy atom. The normalized spacial score (nSPS) is 17.4. The molecule has 1 saturated heterocycles. The molecule has 0 radical (unpaired) electrons. The van der Waals surface area contributed by atoms with Gasteiger partial charge in [0.05, 0.1) is 5.69 Å². The highest BCUT2D eigenvalue weighted by atomic mass is 79.9. The van der Waals surface area contributed by atoms with E-state index in [4.69, 9.17) is 0 Å². The first kappa shape index (κ1) is 16.6. The highest BCUT2D eigenvalue weighted by Crippen LogP contribution is 2.30. The van der Waals surface area contributed by atoms with E-state index >= 15 is 0 Å². The molecule has 1 aliphatic rings. The fourth-order valence-electron chi connectivity index (χ4n) is 2.61. The standard InChI is InChI=1S/C15H20BrF3N2/c1-15(2,3)21-6-4-20(5-7-21)12-8-11(17)13(18)10(9-16)14(12)19/h8H,4-7,9H2,1-3H3. The van der Waals surface area contributed by atoms with Crippen LogP contribution in [0.4, 0.5) is 18.9 Å². The molecule has 0 amide bonds. The molecule has 0 aromatic heterocycles. The van der Waals surface area contributed by atoms with Crippen molar-refractivity contribution in [1.29, 1.82) is 0 Å². The van der Waals surface area contributed by atoms with Crippen molar-refractivity contribution in [3.05, 3.63) is 29.1 Å². The van der Waals surface area contributed by atoms with Gasteiger partial charge in [0, 0.05) is 48.7 Å². The number of rotatable bonds is 2. The first-order chi connectivity index (χ1) is 9.75. The molecular weight excluding hydrogens is 345 g/mol. The van der Waals surface area contributed by atoms with Crippen LogP contribution in [0.1, 0.15) is 26.3 Å². The van der Waals surface area contributed by atoms with E-state index in [1.165, 1.54) is 0 Å². The summed E-state index contributed by atoms with van der Waals surface area (Å²) in [5, 5.41) is -0.0443. The number of nitrogens with zero attached hydrogens (tertiary/aromatic N) is 2. The van der Waals surface area contributed by atoms with Gasteiger partial charge in [0.1, 0.15) is 0 Å². The van der Waals surface area contributed by atoms with Crippen molar-refractivity contribution < 1.29 is 13.2 Å².